The normalized spacial score (nSPS) is 27.2. The summed E-state index contributed by atoms with van der Waals surface area (Å²) in [6.07, 6.45) is 7.69. The summed E-state index contributed by atoms with van der Waals surface area (Å²) in [5, 5.41) is 0. The minimum atomic E-state index is -0.0984. The first-order valence-corrected chi connectivity index (χ1v) is 3.82. The van der Waals surface area contributed by atoms with E-state index in [9.17, 15) is 0 Å². The topological polar surface area (TPSA) is 27.7 Å². The van der Waals surface area contributed by atoms with Gasteiger partial charge in [-0.2, -0.15) is 0 Å². The molecular weight excluding hydrogens is 156 g/mol. The molecule has 1 aliphatic heterocycles. The van der Waals surface area contributed by atoms with Crippen LogP contribution in [0, 0.1) is 0 Å². The van der Waals surface area contributed by atoms with E-state index in [1.165, 1.54) is 0 Å². The van der Waals surface area contributed by atoms with Crippen LogP contribution in [0.2, 0.25) is 0 Å². The third-order valence-electron chi connectivity index (χ3n) is 1.91. The quantitative estimate of drug-likeness (QED) is 0.550. The van der Waals surface area contributed by atoms with E-state index in [1.54, 1.807) is 7.11 Å². The zero-order valence-corrected chi connectivity index (χ0v) is 6.82. The third kappa shape index (κ3) is 1.17. The first kappa shape index (κ1) is 7.58. The molecule has 0 aromatic carbocycles. The molecule has 1 heterocycles. The van der Waals surface area contributed by atoms with Crippen molar-refractivity contribution in [3.05, 3.63) is 35.6 Å². The van der Waals surface area contributed by atoms with Crippen LogP contribution in [0.5, 0.6) is 0 Å². The Hall–Kier alpha value is -1.06. The average Bonchev–Trinajstić information content (AvgIpc) is 2.17. The monoisotopic (exact) mass is 166 g/mol. The molecule has 1 atom stereocenters. The molecule has 0 bridgehead atoms. The molecule has 64 valence electrons. The Kier molecular flexibility index (Phi) is 1.98. The van der Waals surface area contributed by atoms with Gasteiger partial charge in [0.15, 0.2) is 0 Å². The number of methoxy groups -OCH3 is 1. The highest BCUT2D eigenvalue weighted by Gasteiger charge is 2.23. The second-order valence-corrected chi connectivity index (χ2v) is 2.61. The third-order valence-corrected chi connectivity index (χ3v) is 1.91. The molecule has 3 nitrogen and oxygen atoms in total. The highest BCUT2D eigenvalue weighted by molar-refractivity contribution is 5.37. The summed E-state index contributed by atoms with van der Waals surface area (Å²) in [6.45, 7) is 0.389. The van der Waals surface area contributed by atoms with Gasteiger partial charge in [-0.15, -0.1) is 0 Å². The smallest absolute Gasteiger partial charge is 0.140 e. The van der Waals surface area contributed by atoms with Crippen LogP contribution >= 0.6 is 0 Å². The van der Waals surface area contributed by atoms with Crippen molar-refractivity contribution in [2.75, 3.05) is 13.7 Å². The van der Waals surface area contributed by atoms with Crippen LogP contribution in [0.15, 0.2) is 35.6 Å². The maximum atomic E-state index is 5.15. The van der Waals surface area contributed by atoms with E-state index in [-0.39, 0.29) is 6.10 Å². The molecule has 0 saturated heterocycles. The van der Waals surface area contributed by atoms with Gasteiger partial charge in [0.25, 0.3) is 0 Å². The standard InChI is InChI=1S/C9H10O3/c1-10-9-6-11-12-8-5-3-2-4-7(8)9/h2-5,8H,6H2,1H3. The predicted octanol–water partition coefficient (Wildman–Crippen LogP) is 1.34. The molecule has 0 aromatic rings. The highest BCUT2D eigenvalue weighted by atomic mass is 17.2. The number of rotatable bonds is 1. The molecule has 12 heavy (non-hydrogen) atoms. The zero-order valence-electron chi connectivity index (χ0n) is 6.82. The van der Waals surface area contributed by atoms with Gasteiger partial charge in [0, 0.05) is 5.57 Å². The maximum Gasteiger partial charge on any atom is 0.140 e. The van der Waals surface area contributed by atoms with Crippen LogP contribution in [-0.2, 0) is 14.5 Å². The van der Waals surface area contributed by atoms with Crippen LogP contribution in [0.1, 0.15) is 0 Å². The van der Waals surface area contributed by atoms with E-state index in [1.807, 2.05) is 24.3 Å². The average molecular weight is 166 g/mol. The minimum Gasteiger partial charge on any atom is -0.498 e. The molecule has 0 N–H and O–H groups in total. The lowest BCUT2D eigenvalue weighted by Crippen LogP contribution is -2.23. The van der Waals surface area contributed by atoms with Gasteiger partial charge in [0.2, 0.25) is 0 Å². The molecule has 1 unspecified atom stereocenters. The SMILES string of the molecule is COC1=C2C=CC=CC2OOC1. The number of hydrogen-bond donors (Lipinski definition) is 0. The molecule has 2 aliphatic rings. The summed E-state index contributed by atoms with van der Waals surface area (Å²) in [4.78, 5) is 9.91. The minimum absolute atomic E-state index is 0.0984. The molecule has 2 rings (SSSR count). The molecular formula is C9H10O3. The lowest BCUT2D eigenvalue weighted by Gasteiger charge is -2.24. The van der Waals surface area contributed by atoms with Crippen molar-refractivity contribution in [2.24, 2.45) is 0 Å². The van der Waals surface area contributed by atoms with E-state index in [0.717, 1.165) is 11.3 Å². The van der Waals surface area contributed by atoms with Gasteiger partial charge in [-0.05, 0) is 6.08 Å². The molecule has 0 saturated carbocycles. The fraction of sp³-hybridized carbons (Fsp3) is 0.333. The summed E-state index contributed by atoms with van der Waals surface area (Å²) in [7, 11) is 1.64. The van der Waals surface area contributed by atoms with Gasteiger partial charge < -0.3 is 4.74 Å². The number of ether oxygens (including phenoxy) is 1. The molecule has 0 amide bonds. The van der Waals surface area contributed by atoms with Gasteiger partial charge in [-0.3, -0.25) is 0 Å². The van der Waals surface area contributed by atoms with E-state index >= 15 is 0 Å². The van der Waals surface area contributed by atoms with Crippen LogP contribution in [0.25, 0.3) is 0 Å². The lowest BCUT2D eigenvalue weighted by molar-refractivity contribution is -0.313. The first-order chi connectivity index (χ1) is 5.92. The summed E-state index contributed by atoms with van der Waals surface area (Å²) in [6, 6.07) is 0. The molecule has 0 aromatic heterocycles. The van der Waals surface area contributed by atoms with Crippen molar-refractivity contribution >= 4 is 0 Å². The fourth-order valence-electron chi connectivity index (χ4n) is 1.28. The summed E-state index contributed by atoms with van der Waals surface area (Å²) < 4.78 is 5.15. The summed E-state index contributed by atoms with van der Waals surface area (Å²) >= 11 is 0. The fourth-order valence-corrected chi connectivity index (χ4v) is 1.28. The van der Waals surface area contributed by atoms with Crippen molar-refractivity contribution in [1.29, 1.82) is 0 Å². The van der Waals surface area contributed by atoms with Crippen LogP contribution in [0.3, 0.4) is 0 Å². The van der Waals surface area contributed by atoms with Gasteiger partial charge in [0.1, 0.15) is 18.5 Å². The van der Waals surface area contributed by atoms with Gasteiger partial charge in [-0.25, -0.2) is 9.78 Å². The molecule has 0 fully saturated rings. The number of allylic oxidation sites excluding steroid dienone is 2. The largest absolute Gasteiger partial charge is 0.498 e. The molecule has 3 heteroatoms. The van der Waals surface area contributed by atoms with E-state index in [2.05, 4.69) is 0 Å². The van der Waals surface area contributed by atoms with Crippen LogP contribution in [0.4, 0.5) is 0 Å². The van der Waals surface area contributed by atoms with Crippen molar-refractivity contribution in [3.8, 4) is 0 Å². The molecule has 1 aliphatic carbocycles. The summed E-state index contributed by atoms with van der Waals surface area (Å²) in [5.74, 6) is 0.840. The number of fused-ring (bicyclic) bond motifs is 1. The Labute approximate surface area is 70.8 Å². The van der Waals surface area contributed by atoms with Gasteiger partial charge >= 0.3 is 0 Å². The Morgan fingerprint density at radius 2 is 2.42 bits per heavy atom. The van der Waals surface area contributed by atoms with Crippen molar-refractivity contribution in [1.82, 2.24) is 0 Å². The Morgan fingerprint density at radius 1 is 1.50 bits per heavy atom. The lowest BCUT2D eigenvalue weighted by atomic mass is 10.0. The Morgan fingerprint density at radius 3 is 3.25 bits per heavy atom. The predicted molar refractivity (Wildman–Crippen MR) is 43.1 cm³/mol. The first-order valence-electron chi connectivity index (χ1n) is 3.82. The van der Waals surface area contributed by atoms with Crippen LogP contribution in [-0.4, -0.2) is 19.8 Å². The number of hydrogen-bond acceptors (Lipinski definition) is 3. The van der Waals surface area contributed by atoms with E-state index in [0.29, 0.717) is 6.61 Å². The van der Waals surface area contributed by atoms with Gasteiger partial charge in [0.05, 0.1) is 7.11 Å². The molecule has 0 spiro atoms. The Bertz CT molecular complexity index is 263. The Balaban J connectivity index is 2.33. The van der Waals surface area contributed by atoms with Crippen molar-refractivity contribution in [3.63, 3.8) is 0 Å². The van der Waals surface area contributed by atoms with E-state index < -0.39 is 0 Å². The zero-order chi connectivity index (χ0) is 8.39. The van der Waals surface area contributed by atoms with Crippen molar-refractivity contribution in [2.45, 2.75) is 6.10 Å². The summed E-state index contributed by atoms with van der Waals surface area (Å²) in [5.41, 5.74) is 1.05. The second-order valence-electron chi connectivity index (χ2n) is 2.61. The molecule has 0 radical (unpaired) electrons. The van der Waals surface area contributed by atoms with Crippen molar-refractivity contribution < 1.29 is 14.5 Å². The van der Waals surface area contributed by atoms with Gasteiger partial charge in [-0.1, -0.05) is 18.2 Å². The van der Waals surface area contributed by atoms with E-state index in [4.69, 9.17) is 14.5 Å². The maximum absolute atomic E-state index is 5.15. The second kappa shape index (κ2) is 3.13. The highest BCUT2D eigenvalue weighted by Crippen LogP contribution is 2.24. The van der Waals surface area contributed by atoms with Crippen LogP contribution < -0.4 is 0 Å².